The molecule has 2 aromatic heterocycles. The minimum absolute atomic E-state index is 0.306. The molecule has 2 heterocycles. The van der Waals surface area contributed by atoms with Gasteiger partial charge in [-0.2, -0.15) is 10.2 Å². The number of aromatic amines is 1. The molecule has 1 aromatic carbocycles. The van der Waals surface area contributed by atoms with E-state index >= 15 is 0 Å². The average molecular weight is 310 g/mol. The minimum atomic E-state index is -0.306. The molecule has 110 valence electrons. The van der Waals surface area contributed by atoms with Crippen molar-refractivity contribution in [2.24, 2.45) is 5.10 Å². The highest BCUT2D eigenvalue weighted by atomic mass is 32.1. The van der Waals surface area contributed by atoms with Crippen LogP contribution in [0, 0.1) is 6.92 Å². The zero-order chi connectivity index (χ0) is 15.4. The van der Waals surface area contributed by atoms with E-state index in [-0.39, 0.29) is 5.91 Å². The number of hydrogen-bond donors (Lipinski definition) is 2. The quantitative estimate of drug-likeness (QED) is 0.574. The first-order valence-electron chi connectivity index (χ1n) is 6.73. The molecule has 0 bridgehead atoms. The second kappa shape index (κ2) is 6.36. The van der Waals surface area contributed by atoms with Crippen LogP contribution in [0.25, 0.3) is 11.3 Å². The number of carbonyl (C=O) groups is 1. The van der Waals surface area contributed by atoms with Crippen molar-refractivity contribution in [2.75, 3.05) is 0 Å². The molecule has 3 rings (SSSR count). The molecule has 3 aromatic rings. The molecular formula is C16H14N4OS. The van der Waals surface area contributed by atoms with Crippen LogP contribution >= 0.6 is 11.3 Å². The third kappa shape index (κ3) is 2.96. The van der Waals surface area contributed by atoms with Crippen LogP contribution in [-0.4, -0.2) is 22.3 Å². The molecule has 0 aliphatic heterocycles. The smallest absolute Gasteiger partial charge is 0.272 e. The number of amides is 1. The highest BCUT2D eigenvalue weighted by molar-refractivity contribution is 7.11. The van der Waals surface area contributed by atoms with E-state index in [1.165, 1.54) is 0 Å². The Morgan fingerprint density at radius 1 is 1.27 bits per heavy atom. The fourth-order valence-electron chi connectivity index (χ4n) is 2.07. The van der Waals surface area contributed by atoms with Crippen molar-refractivity contribution in [1.29, 1.82) is 0 Å². The molecule has 0 unspecified atom stereocenters. The SMILES string of the molecule is Cc1c(-c2ccccc2)n[nH]c1C(=O)N/N=C/c1cccs1. The van der Waals surface area contributed by atoms with Crippen molar-refractivity contribution in [3.63, 3.8) is 0 Å². The maximum atomic E-state index is 12.1. The molecule has 6 heteroatoms. The van der Waals surface area contributed by atoms with Crippen molar-refractivity contribution >= 4 is 23.5 Å². The zero-order valence-corrected chi connectivity index (χ0v) is 12.7. The van der Waals surface area contributed by atoms with E-state index in [9.17, 15) is 4.79 Å². The molecule has 0 saturated carbocycles. The Balaban J connectivity index is 1.75. The van der Waals surface area contributed by atoms with Gasteiger partial charge < -0.3 is 0 Å². The van der Waals surface area contributed by atoms with E-state index in [4.69, 9.17) is 0 Å². The molecule has 0 radical (unpaired) electrons. The Kier molecular flexibility index (Phi) is 4.11. The number of thiophene rings is 1. The topological polar surface area (TPSA) is 70.1 Å². The Bertz CT molecular complexity index is 791. The number of rotatable bonds is 4. The monoisotopic (exact) mass is 310 g/mol. The van der Waals surface area contributed by atoms with Crippen LogP contribution in [-0.2, 0) is 0 Å². The number of hydrogen-bond acceptors (Lipinski definition) is 4. The molecule has 0 saturated heterocycles. The highest BCUT2D eigenvalue weighted by Gasteiger charge is 2.16. The van der Waals surface area contributed by atoms with Crippen molar-refractivity contribution in [3.05, 3.63) is 64.0 Å². The lowest BCUT2D eigenvalue weighted by Gasteiger charge is -1.99. The van der Waals surface area contributed by atoms with Crippen LogP contribution in [0.5, 0.6) is 0 Å². The second-order valence-electron chi connectivity index (χ2n) is 4.65. The van der Waals surface area contributed by atoms with Crippen LogP contribution in [0.15, 0.2) is 52.9 Å². The summed E-state index contributed by atoms with van der Waals surface area (Å²) in [6.07, 6.45) is 1.62. The van der Waals surface area contributed by atoms with Gasteiger partial charge in [-0.05, 0) is 18.4 Å². The normalized spacial score (nSPS) is 11.0. The molecule has 5 nitrogen and oxygen atoms in total. The Hall–Kier alpha value is -2.73. The number of benzene rings is 1. The van der Waals surface area contributed by atoms with Gasteiger partial charge in [0.15, 0.2) is 0 Å². The van der Waals surface area contributed by atoms with Gasteiger partial charge in [-0.3, -0.25) is 9.89 Å². The molecule has 1 amide bonds. The molecule has 0 atom stereocenters. The summed E-state index contributed by atoms with van der Waals surface area (Å²) in [4.78, 5) is 13.1. The van der Waals surface area contributed by atoms with Crippen molar-refractivity contribution in [2.45, 2.75) is 6.92 Å². The van der Waals surface area contributed by atoms with E-state index in [0.717, 1.165) is 21.7 Å². The van der Waals surface area contributed by atoms with E-state index in [2.05, 4.69) is 20.7 Å². The van der Waals surface area contributed by atoms with Crippen molar-refractivity contribution in [1.82, 2.24) is 15.6 Å². The Morgan fingerprint density at radius 3 is 2.82 bits per heavy atom. The summed E-state index contributed by atoms with van der Waals surface area (Å²) in [7, 11) is 0. The predicted octanol–water partition coefficient (Wildman–Crippen LogP) is 3.21. The van der Waals surface area contributed by atoms with E-state index < -0.39 is 0 Å². The van der Waals surface area contributed by atoms with E-state index in [0.29, 0.717) is 5.69 Å². The third-order valence-electron chi connectivity index (χ3n) is 3.19. The fraction of sp³-hybridized carbons (Fsp3) is 0.0625. The van der Waals surface area contributed by atoms with Crippen molar-refractivity contribution in [3.8, 4) is 11.3 Å². The molecular weight excluding hydrogens is 296 g/mol. The first-order chi connectivity index (χ1) is 10.8. The second-order valence-corrected chi connectivity index (χ2v) is 5.63. The average Bonchev–Trinajstić information content (AvgIpc) is 3.18. The van der Waals surface area contributed by atoms with Gasteiger partial charge in [0, 0.05) is 16.0 Å². The number of hydrazone groups is 1. The van der Waals surface area contributed by atoms with Gasteiger partial charge in [-0.1, -0.05) is 36.4 Å². The van der Waals surface area contributed by atoms with Crippen LogP contribution < -0.4 is 5.43 Å². The van der Waals surface area contributed by atoms with E-state index in [1.807, 2.05) is 54.8 Å². The predicted molar refractivity (Wildman–Crippen MR) is 88.1 cm³/mol. The molecule has 0 spiro atoms. The van der Waals surface area contributed by atoms with Crippen LogP contribution in [0.2, 0.25) is 0 Å². The summed E-state index contributed by atoms with van der Waals surface area (Å²) < 4.78 is 0. The lowest BCUT2D eigenvalue weighted by atomic mass is 10.1. The summed E-state index contributed by atoms with van der Waals surface area (Å²) >= 11 is 1.55. The van der Waals surface area contributed by atoms with Gasteiger partial charge in [0.2, 0.25) is 0 Å². The first kappa shape index (κ1) is 14.2. The number of nitrogens with zero attached hydrogens (tertiary/aromatic N) is 2. The maximum Gasteiger partial charge on any atom is 0.289 e. The van der Waals surface area contributed by atoms with Crippen LogP contribution in [0.1, 0.15) is 20.9 Å². The summed E-state index contributed by atoms with van der Waals surface area (Å²) in [6.45, 7) is 1.86. The van der Waals surface area contributed by atoms with Crippen LogP contribution in [0.4, 0.5) is 0 Å². The summed E-state index contributed by atoms with van der Waals surface area (Å²) in [5.74, 6) is -0.306. The van der Waals surface area contributed by atoms with Gasteiger partial charge in [-0.15, -0.1) is 11.3 Å². The number of nitrogens with one attached hydrogen (secondary N) is 2. The number of carbonyl (C=O) groups excluding carboxylic acids is 1. The largest absolute Gasteiger partial charge is 0.289 e. The summed E-state index contributed by atoms with van der Waals surface area (Å²) in [5, 5.41) is 12.9. The molecule has 0 aliphatic carbocycles. The lowest BCUT2D eigenvalue weighted by Crippen LogP contribution is -2.19. The standard InChI is InChI=1S/C16H14N4OS/c1-11-14(12-6-3-2-4-7-12)18-19-15(11)16(21)20-17-10-13-8-5-9-22-13/h2-10H,1H3,(H,18,19)(H,20,21)/b17-10+. The minimum Gasteiger partial charge on any atom is -0.272 e. The van der Waals surface area contributed by atoms with Gasteiger partial charge in [0.25, 0.3) is 5.91 Å². The molecule has 0 fully saturated rings. The number of aromatic nitrogens is 2. The van der Waals surface area contributed by atoms with Gasteiger partial charge >= 0.3 is 0 Å². The summed E-state index contributed by atoms with van der Waals surface area (Å²) in [6, 6.07) is 13.6. The third-order valence-corrected chi connectivity index (χ3v) is 3.99. The Morgan fingerprint density at radius 2 is 2.09 bits per heavy atom. The molecule has 22 heavy (non-hydrogen) atoms. The van der Waals surface area contributed by atoms with E-state index in [1.54, 1.807) is 17.6 Å². The van der Waals surface area contributed by atoms with Crippen LogP contribution in [0.3, 0.4) is 0 Å². The lowest BCUT2D eigenvalue weighted by molar-refractivity contribution is 0.0949. The fourth-order valence-corrected chi connectivity index (χ4v) is 2.66. The molecule has 2 N–H and O–H groups in total. The maximum absolute atomic E-state index is 12.1. The van der Waals surface area contributed by atoms with Gasteiger partial charge in [0.05, 0.1) is 11.9 Å². The molecule has 0 aliphatic rings. The Labute approximate surface area is 131 Å². The van der Waals surface area contributed by atoms with Gasteiger partial charge in [-0.25, -0.2) is 5.43 Å². The summed E-state index contributed by atoms with van der Waals surface area (Å²) in [5.41, 5.74) is 5.47. The number of H-pyrrole nitrogens is 1. The van der Waals surface area contributed by atoms with Gasteiger partial charge in [0.1, 0.15) is 5.69 Å². The highest BCUT2D eigenvalue weighted by Crippen LogP contribution is 2.22. The zero-order valence-electron chi connectivity index (χ0n) is 11.9. The first-order valence-corrected chi connectivity index (χ1v) is 7.61. The van der Waals surface area contributed by atoms with Crippen molar-refractivity contribution < 1.29 is 4.79 Å².